The SMILES string of the molecule is Cc1oc2ccccc2c1CC(C)CN. The fraction of sp³-hybridized carbons (Fsp3) is 0.385. The number of para-hydroxylation sites is 1. The summed E-state index contributed by atoms with van der Waals surface area (Å²) in [6.45, 7) is 4.92. The minimum atomic E-state index is 0.504. The number of aryl methyl sites for hydroxylation is 1. The molecule has 1 aromatic heterocycles. The van der Waals surface area contributed by atoms with Gasteiger partial charge in [0, 0.05) is 10.9 Å². The normalized spacial score (nSPS) is 13.3. The van der Waals surface area contributed by atoms with E-state index in [1.165, 1.54) is 10.9 Å². The number of hydrogen-bond acceptors (Lipinski definition) is 2. The molecule has 1 aromatic carbocycles. The first-order valence-corrected chi connectivity index (χ1v) is 5.39. The molecule has 0 radical (unpaired) electrons. The molecule has 15 heavy (non-hydrogen) atoms. The number of furan rings is 1. The van der Waals surface area contributed by atoms with E-state index in [1.54, 1.807) is 0 Å². The molecule has 2 heteroatoms. The van der Waals surface area contributed by atoms with Crippen LogP contribution in [0, 0.1) is 12.8 Å². The molecule has 0 aliphatic rings. The van der Waals surface area contributed by atoms with E-state index in [4.69, 9.17) is 10.2 Å². The number of benzene rings is 1. The Bertz CT molecular complexity index is 459. The van der Waals surface area contributed by atoms with Crippen molar-refractivity contribution in [1.29, 1.82) is 0 Å². The van der Waals surface area contributed by atoms with Gasteiger partial charge in [-0.15, -0.1) is 0 Å². The average Bonchev–Trinajstić information content (AvgIpc) is 2.55. The minimum Gasteiger partial charge on any atom is -0.461 e. The highest BCUT2D eigenvalue weighted by Gasteiger charge is 2.12. The third kappa shape index (κ3) is 1.90. The van der Waals surface area contributed by atoms with E-state index in [0.29, 0.717) is 5.92 Å². The van der Waals surface area contributed by atoms with Gasteiger partial charge in [0.1, 0.15) is 11.3 Å². The molecule has 1 unspecified atom stereocenters. The quantitative estimate of drug-likeness (QED) is 0.833. The van der Waals surface area contributed by atoms with Gasteiger partial charge in [0.25, 0.3) is 0 Å². The first kappa shape index (κ1) is 10.2. The first-order valence-electron chi connectivity index (χ1n) is 5.39. The van der Waals surface area contributed by atoms with Gasteiger partial charge in [0.05, 0.1) is 0 Å². The van der Waals surface area contributed by atoms with Crippen LogP contribution in [0.2, 0.25) is 0 Å². The highest BCUT2D eigenvalue weighted by molar-refractivity contribution is 5.82. The maximum Gasteiger partial charge on any atom is 0.134 e. The van der Waals surface area contributed by atoms with Gasteiger partial charge in [0.15, 0.2) is 0 Å². The first-order chi connectivity index (χ1) is 7.22. The van der Waals surface area contributed by atoms with Crippen LogP contribution in [0.4, 0.5) is 0 Å². The van der Waals surface area contributed by atoms with Crippen molar-refractivity contribution in [1.82, 2.24) is 0 Å². The molecule has 0 bridgehead atoms. The maximum atomic E-state index is 5.70. The highest BCUT2D eigenvalue weighted by atomic mass is 16.3. The smallest absolute Gasteiger partial charge is 0.134 e. The van der Waals surface area contributed by atoms with Crippen LogP contribution in [-0.2, 0) is 6.42 Å². The molecule has 0 saturated carbocycles. The fourth-order valence-electron chi connectivity index (χ4n) is 1.91. The Morgan fingerprint density at radius 2 is 2.07 bits per heavy atom. The summed E-state index contributed by atoms with van der Waals surface area (Å²) >= 11 is 0. The van der Waals surface area contributed by atoms with Crippen LogP contribution in [0.1, 0.15) is 18.2 Å². The van der Waals surface area contributed by atoms with Gasteiger partial charge < -0.3 is 10.2 Å². The Balaban J connectivity index is 2.45. The lowest BCUT2D eigenvalue weighted by molar-refractivity contribution is 0.549. The predicted octanol–water partition coefficient (Wildman–Crippen LogP) is 2.88. The lowest BCUT2D eigenvalue weighted by atomic mass is 9.99. The average molecular weight is 203 g/mol. The van der Waals surface area contributed by atoms with Crippen molar-refractivity contribution in [3.05, 3.63) is 35.6 Å². The van der Waals surface area contributed by atoms with Gasteiger partial charge in [-0.3, -0.25) is 0 Å². The molecule has 2 rings (SSSR count). The molecule has 2 aromatic rings. The number of fused-ring (bicyclic) bond motifs is 1. The molecule has 2 N–H and O–H groups in total. The van der Waals surface area contributed by atoms with E-state index in [2.05, 4.69) is 13.0 Å². The van der Waals surface area contributed by atoms with E-state index in [0.717, 1.165) is 24.3 Å². The third-order valence-corrected chi connectivity index (χ3v) is 2.86. The highest BCUT2D eigenvalue weighted by Crippen LogP contribution is 2.27. The van der Waals surface area contributed by atoms with Crippen molar-refractivity contribution in [2.45, 2.75) is 20.3 Å². The van der Waals surface area contributed by atoms with Crippen molar-refractivity contribution in [2.24, 2.45) is 11.7 Å². The standard InChI is InChI=1S/C13H17NO/c1-9(8-14)7-12-10(2)15-13-6-4-3-5-11(12)13/h3-6,9H,7-8,14H2,1-2H3. The van der Waals surface area contributed by atoms with Gasteiger partial charge in [-0.1, -0.05) is 25.1 Å². The molecule has 1 atom stereocenters. The molecule has 0 aliphatic carbocycles. The van der Waals surface area contributed by atoms with E-state index in [-0.39, 0.29) is 0 Å². The maximum absolute atomic E-state index is 5.70. The summed E-state index contributed by atoms with van der Waals surface area (Å²) in [4.78, 5) is 0. The fourth-order valence-corrected chi connectivity index (χ4v) is 1.91. The van der Waals surface area contributed by atoms with E-state index in [1.807, 2.05) is 25.1 Å². The van der Waals surface area contributed by atoms with Gasteiger partial charge in [0.2, 0.25) is 0 Å². The molecule has 1 heterocycles. The topological polar surface area (TPSA) is 39.2 Å². The van der Waals surface area contributed by atoms with Crippen LogP contribution >= 0.6 is 0 Å². The molecular weight excluding hydrogens is 186 g/mol. The van der Waals surface area contributed by atoms with Crippen LogP contribution in [-0.4, -0.2) is 6.54 Å². The Labute approximate surface area is 90.1 Å². The van der Waals surface area contributed by atoms with Crippen LogP contribution in [0.25, 0.3) is 11.0 Å². The summed E-state index contributed by atoms with van der Waals surface area (Å²) < 4.78 is 5.70. The Kier molecular flexibility index (Phi) is 2.78. The van der Waals surface area contributed by atoms with Crippen molar-refractivity contribution < 1.29 is 4.42 Å². The summed E-state index contributed by atoms with van der Waals surface area (Å²) in [5.41, 5.74) is 7.94. The summed E-state index contributed by atoms with van der Waals surface area (Å²) in [6, 6.07) is 8.18. The molecule has 0 aliphatic heterocycles. The molecule has 0 spiro atoms. The van der Waals surface area contributed by atoms with Crippen molar-refractivity contribution in [2.75, 3.05) is 6.54 Å². The van der Waals surface area contributed by atoms with Crippen LogP contribution in [0.15, 0.2) is 28.7 Å². The molecular formula is C13H17NO. The summed E-state index contributed by atoms with van der Waals surface area (Å²) in [7, 11) is 0. The van der Waals surface area contributed by atoms with Gasteiger partial charge in [-0.25, -0.2) is 0 Å². The lowest BCUT2D eigenvalue weighted by Crippen LogP contribution is -2.13. The minimum absolute atomic E-state index is 0.504. The second kappa shape index (κ2) is 4.07. The predicted molar refractivity (Wildman–Crippen MR) is 62.9 cm³/mol. The largest absolute Gasteiger partial charge is 0.461 e. The zero-order valence-corrected chi connectivity index (χ0v) is 9.29. The second-order valence-corrected chi connectivity index (χ2v) is 4.18. The molecule has 2 nitrogen and oxygen atoms in total. The van der Waals surface area contributed by atoms with Crippen LogP contribution in [0.5, 0.6) is 0 Å². The van der Waals surface area contributed by atoms with Crippen molar-refractivity contribution in [3.63, 3.8) is 0 Å². The van der Waals surface area contributed by atoms with Gasteiger partial charge in [-0.05, 0) is 31.9 Å². The molecule has 0 fully saturated rings. The Morgan fingerprint density at radius 3 is 2.80 bits per heavy atom. The molecule has 0 amide bonds. The van der Waals surface area contributed by atoms with E-state index < -0.39 is 0 Å². The van der Waals surface area contributed by atoms with Crippen LogP contribution < -0.4 is 5.73 Å². The summed E-state index contributed by atoms with van der Waals surface area (Å²) in [5, 5.41) is 1.23. The lowest BCUT2D eigenvalue weighted by Gasteiger charge is -2.07. The summed E-state index contributed by atoms with van der Waals surface area (Å²) in [5.74, 6) is 1.53. The Morgan fingerprint density at radius 1 is 1.33 bits per heavy atom. The van der Waals surface area contributed by atoms with E-state index in [9.17, 15) is 0 Å². The second-order valence-electron chi connectivity index (χ2n) is 4.18. The van der Waals surface area contributed by atoms with E-state index >= 15 is 0 Å². The zero-order valence-electron chi connectivity index (χ0n) is 9.29. The number of rotatable bonds is 3. The molecule has 0 saturated heterocycles. The van der Waals surface area contributed by atoms with Gasteiger partial charge in [-0.2, -0.15) is 0 Å². The third-order valence-electron chi connectivity index (χ3n) is 2.86. The molecule has 80 valence electrons. The van der Waals surface area contributed by atoms with Crippen molar-refractivity contribution in [3.8, 4) is 0 Å². The zero-order chi connectivity index (χ0) is 10.8. The number of nitrogens with two attached hydrogens (primary N) is 1. The van der Waals surface area contributed by atoms with Crippen molar-refractivity contribution >= 4 is 11.0 Å². The van der Waals surface area contributed by atoms with Gasteiger partial charge >= 0.3 is 0 Å². The number of hydrogen-bond donors (Lipinski definition) is 1. The Hall–Kier alpha value is -1.28. The monoisotopic (exact) mass is 203 g/mol. The summed E-state index contributed by atoms with van der Waals surface area (Å²) in [6.07, 6.45) is 0.999. The van der Waals surface area contributed by atoms with Crippen LogP contribution in [0.3, 0.4) is 0 Å².